The summed E-state index contributed by atoms with van der Waals surface area (Å²) >= 11 is 1.21. The zero-order valence-electron chi connectivity index (χ0n) is 13.5. The predicted molar refractivity (Wildman–Crippen MR) is 93.8 cm³/mol. The van der Waals surface area contributed by atoms with Crippen molar-refractivity contribution in [2.45, 2.75) is 49.1 Å². The molecule has 1 aromatic heterocycles. The van der Waals surface area contributed by atoms with Crippen molar-refractivity contribution in [2.24, 2.45) is 0 Å². The molecule has 2 N–H and O–H groups in total. The van der Waals surface area contributed by atoms with Gasteiger partial charge >= 0.3 is 0 Å². The Hall–Kier alpha value is -2.15. The minimum Gasteiger partial charge on any atom is -0.352 e. The molecule has 1 aliphatic rings. The van der Waals surface area contributed by atoms with E-state index in [-0.39, 0.29) is 28.5 Å². The van der Waals surface area contributed by atoms with E-state index >= 15 is 0 Å². The summed E-state index contributed by atoms with van der Waals surface area (Å²) in [6.45, 7) is 1.81. The Morgan fingerprint density at radius 3 is 2.62 bits per heavy atom. The van der Waals surface area contributed by atoms with Gasteiger partial charge in [0, 0.05) is 11.6 Å². The molecule has 0 bridgehead atoms. The second-order valence-corrected chi connectivity index (χ2v) is 7.25. The lowest BCUT2D eigenvalue weighted by Crippen LogP contribution is -2.37. The van der Waals surface area contributed by atoms with Gasteiger partial charge in [-0.05, 0) is 19.8 Å². The molecule has 0 aliphatic heterocycles. The van der Waals surface area contributed by atoms with Gasteiger partial charge in [0.1, 0.15) is 0 Å². The zero-order valence-corrected chi connectivity index (χ0v) is 14.3. The van der Waals surface area contributed by atoms with Crippen LogP contribution in [0, 0.1) is 0 Å². The number of aromatic amines is 1. The Morgan fingerprint density at radius 1 is 1.25 bits per heavy atom. The standard InChI is InChI=1S/C17H20N4O2S/c1-11(15(22)18-13-9-5-6-10-13)24-17-19-16(23)14(20-21-17)12-7-3-2-4-8-12/h2-4,7-8,11,13H,5-6,9-10H2,1H3,(H,18,22)(H,19,21,23). The molecule has 0 radical (unpaired) electrons. The highest BCUT2D eigenvalue weighted by molar-refractivity contribution is 8.00. The topological polar surface area (TPSA) is 87.7 Å². The lowest BCUT2D eigenvalue weighted by molar-refractivity contribution is -0.120. The Balaban J connectivity index is 1.66. The molecule has 0 saturated heterocycles. The highest BCUT2D eigenvalue weighted by Gasteiger charge is 2.22. The van der Waals surface area contributed by atoms with Crippen LogP contribution in [0.4, 0.5) is 0 Å². The number of nitrogens with zero attached hydrogens (tertiary/aromatic N) is 2. The van der Waals surface area contributed by atoms with Crippen LogP contribution in [-0.2, 0) is 4.79 Å². The smallest absolute Gasteiger partial charge is 0.278 e. The molecule has 1 unspecified atom stereocenters. The van der Waals surface area contributed by atoms with Crippen LogP contribution >= 0.6 is 11.8 Å². The first-order chi connectivity index (χ1) is 11.6. The largest absolute Gasteiger partial charge is 0.352 e. The average molecular weight is 344 g/mol. The Kier molecular flexibility index (Phi) is 5.30. The van der Waals surface area contributed by atoms with Crippen molar-refractivity contribution in [3.8, 4) is 11.3 Å². The van der Waals surface area contributed by atoms with Crippen molar-refractivity contribution in [3.63, 3.8) is 0 Å². The number of hydrogen-bond donors (Lipinski definition) is 2. The molecular weight excluding hydrogens is 324 g/mol. The van der Waals surface area contributed by atoms with Gasteiger partial charge in [-0.3, -0.25) is 14.6 Å². The second kappa shape index (κ2) is 7.61. The van der Waals surface area contributed by atoms with Crippen LogP contribution in [-0.4, -0.2) is 32.4 Å². The van der Waals surface area contributed by atoms with Gasteiger partial charge < -0.3 is 5.32 Å². The van der Waals surface area contributed by atoms with Gasteiger partial charge in [0.15, 0.2) is 10.9 Å². The number of hydrogen-bond acceptors (Lipinski definition) is 5. The molecule has 2 aromatic rings. The average Bonchev–Trinajstić information content (AvgIpc) is 3.08. The van der Waals surface area contributed by atoms with Crippen LogP contribution in [0.25, 0.3) is 11.3 Å². The number of aromatic nitrogens is 3. The molecule has 1 fully saturated rings. The fourth-order valence-electron chi connectivity index (χ4n) is 2.77. The van der Waals surface area contributed by atoms with Crippen LogP contribution in [0.5, 0.6) is 0 Å². The predicted octanol–water partition coefficient (Wildman–Crippen LogP) is 2.37. The molecule has 3 rings (SSSR count). The maximum absolute atomic E-state index is 12.2. The molecule has 7 heteroatoms. The first-order valence-electron chi connectivity index (χ1n) is 8.13. The summed E-state index contributed by atoms with van der Waals surface area (Å²) < 4.78 is 0. The van der Waals surface area contributed by atoms with E-state index in [1.165, 1.54) is 24.6 Å². The van der Waals surface area contributed by atoms with Gasteiger partial charge in [-0.2, -0.15) is 0 Å². The minimum atomic E-state index is -0.335. The highest BCUT2D eigenvalue weighted by atomic mass is 32.2. The third-order valence-corrected chi connectivity index (χ3v) is 5.06. The third kappa shape index (κ3) is 4.03. The quantitative estimate of drug-likeness (QED) is 0.813. The molecule has 1 heterocycles. The lowest BCUT2D eigenvalue weighted by Gasteiger charge is -2.15. The van der Waals surface area contributed by atoms with Crippen molar-refractivity contribution in [2.75, 3.05) is 0 Å². The van der Waals surface area contributed by atoms with Crippen molar-refractivity contribution in [3.05, 3.63) is 40.7 Å². The molecule has 1 atom stereocenters. The van der Waals surface area contributed by atoms with E-state index in [1.54, 1.807) is 6.92 Å². The number of H-pyrrole nitrogens is 1. The summed E-state index contributed by atoms with van der Waals surface area (Å²) in [5.41, 5.74) is 0.694. The van der Waals surface area contributed by atoms with Crippen molar-refractivity contribution in [1.82, 2.24) is 20.5 Å². The fraction of sp³-hybridized carbons (Fsp3) is 0.412. The zero-order chi connectivity index (χ0) is 16.9. The molecule has 0 spiro atoms. The maximum atomic E-state index is 12.2. The monoisotopic (exact) mass is 344 g/mol. The molecule has 24 heavy (non-hydrogen) atoms. The normalized spacial score (nSPS) is 16.0. The summed E-state index contributed by atoms with van der Waals surface area (Å²) in [4.78, 5) is 27.1. The molecule has 1 aromatic carbocycles. The van der Waals surface area contributed by atoms with Crippen molar-refractivity contribution < 1.29 is 4.79 Å². The number of thioether (sulfide) groups is 1. The van der Waals surface area contributed by atoms with Gasteiger partial charge in [-0.15, -0.1) is 10.2 Å². The van der Waals surface area contributed by atoms with Crippen LogP contribution in [0.2, 0.25) is 0 Å². The van der Waals surface area contributed by atoms with Crippen LogP contribution < -0.4 is 10.9 Å². The van der Waals surface area contributed by atoms with Gasteiger partial charge in [0.25, 0.3) is 5.56 Å². The van der Waals surface area contributed by atoms with Crippen LogP contribution in [0.3, 0.4) is 0 Å². The van der Waals surface area contributed by atoms with E-state index in [2.05, 4.69) is 20.5 Å². The molecule has 126 valence electrons. The minimum absolute atomic E-state index is 0.0262. The molecule has 6 nitrogen and oxygen atoms in total. The first kappa shape index (κ1) is 16.7. The first-order valence-corrected chi connectivity index (χ1v) is 9.01. The molecule has 1 aliphatic carbocycles. The molecule has 1 saturated carbocycles. The number of carbonyl (C=O) groups is 1. The van der Waals surface area contributed by atoms with E-state index in [4.69, 9.17) is 0 Å². The van der Waals surface area contributed by atoms with E-state index in [0.717, 1.165) is 18.4 Å². The maximum Gasteiger partial charge on any atom is 0.278 e. The number of benzene rings is 1. The number of nitrogens with one attached hydrogen (secondary N) is 2. The second-order valence-electron chi connectivity index (χ2n) is 5.92. The SMILES string of the molecule is CC(Sc1nnc(-c2ccccc2)c(=O)[nH]1)C(=O)NC1CCCC1. The van der Waals surface area contributed by atoms with Crippen LogP contribution in [0.1, 0.15) is 32.6 Å². The number of carbonyl (C=O) groups excluding carboxylic acids is 1. The van der Waals surface area contributed by atoms with Crippen molar-refractivity contribution in [1.29, 1.82) is 0 Å². The highest BCUT2D eigenvalue weighted by Crippen LogP contribution is 2.21. The summed E-state index contributed by atoms with van der Waals surface area (Å²) in [6, 6.07) is 9.46. The molecular formula is C17H20N4O2S. The van der Waals surface area contributed by atoms with Crippen LogP contribution in [0.15, 0.2) is 40.3 Å². The van der Waals surface area contributed by atoms with E-state index < -0.39 is 0 Å². The van der Waals surface area contributed by atoms with Crippen molar-refractivity contribution >= 4 is 17.7 Å². The summed E-state index contributed by atoms with van der Waals surface area (Å²) in [6.07, 6.45) is 4.44. The number of amides is 1. The summed E-state index contributed by atoms with van der Waals surface area (Å²) in [7, 11) is 0. The van der Waals surface area contributed by atoms with Gasteiger partial charge in [-0.25, -0.2) is 0 Å². The number of rotatable bonds is 5. The van der Waals surface area contributed by atoms with Gasteiger partial charge in [0.2, 0.25) is 5.91 Å². The summed E-state index contributed by atoms with van der Waals surface area (Å²) in [5.74, 6) is -0.0262. The van der Waals surface area contributed by atoms with E-state index in [1.807, 2.05) is 30.3 Å². The third-order valence-electron chi connectivity index (χ3n) is 4.08. The lowest BCUT2D eigenvalue weighted by atomic mass is 10.2. The van der Waals surface area contributed by atoms with E-state index in [0.29, 0.717) is 5.16 Å². The van der Waals surface area contributed by atoms with Gasteiger partial charge in [0.05, 0.1) is 5.25 Å². The molecule has 1 amide bonds. The Morgan fingerprint density at radius 2 is 1.96 bits per heavy atom. The summed E-state index contributed by atoms with van der Waals surface area (Å²) in [5, 5.41) is 11.1. The van der Waals surface area contributed by atoms with Gasteiger partial charge in [-0.1, -0.05) is 54.9 Å². The van der Waals surface area contributed by atoms with E-state index in [9.17, 15) is 9.59 Å². The Labute approximate surface area is 144 Å². The fourth-order valence-corrected chi connectivity index (χ4v) is 3.52. The Bertz CT molecular complexity index is 757.